The van der Waals surface area contributed by atoms with Crippen molar-refractivity contribution in [2.45, 2.75) is 13.3 Å². The van der Waals surface area contributed by atoms with Crippen LogP contribution in [0.2, 0.25) is 0 Å². The Morgan fingerprint density at radius 1 is 1.29 bits per heavy atom. The Morgan fingerprint density at radius 2 is 2.24 bits per heavy atom. The van der Waals surface area contributed by atoms with Crippen LogP contribution in [-0.4, -0.2) is 18.1 Å². The number of nitrogens with one attached hydrogen (secondary N) is 2. The normalized spacial score (nSPS) is 10.2. The van der Waals surface area contributed by atoms with E-state index in [1.165, 1.54) is 4.88 Å². The molecule has 0 radical (unpaired) electrons. The smallest absolute Gasteiger partial charge is 0.127 e. The third-order valence-electron chi connectivity index (χ3n) is 2.40. The first kappa shape index (κ1) is 11.9. The summed E-state index contributed by atoms with van der Waals surface area (Å²) in [6.07, 6.45) is 2.89. The fourth-order valence-electron chi connectivity index (χ4n) is 1.60. The van der Waals surface area contributed by atoms with Gasteiger partial charge in [-0.15, -0.1) is 11.3 Å². The van der Waals surface area contributed by atoms with Crippen LogP contribution in [0.1, 0.15) is 11.8 Å². The first-order valence-corrected chi connectivity index (χ1v) is 6.72. The van der Waals surface area contributed by atoms with Gasteiger partial charge in [0.25, 0.3) is 0 Å². The summed E-state index contributed by atoms with van der Waals surface area (Å²) in [5.41, 5.74) is 1.12. The molecule has 0 aromatic carbocycles. The highest BCUT2D eigenvalue weighted by molar-refractivity contribution is 7.09. The SMILES string of the molecule is CCNc1cc(NCCc2cccs2)ccn1. The van der Waals surface area contributed by atoms with Crippen LogP contribution in [0, 0.1) is 0 Å². The zero-order valence-corrected chi connectivity index (χ0v) is 10.8. The van der Waals surface area contributed by atoms with Gasteiger partial charge in [-0.25, -0.2) is 4.98 Å². The van der Waals surface area contributed by atoms with Crippen molar-refractivity contribution >= 4 is 22.8 Å². The number of anilines is 2. The maximum absolute atomic E-state index is 4.24. The van der Waals surface area contributed by atoms with Crippen LogP contribution in [0.25, 0.3) is 0 Å². The van der Waals surface area contributed by atoms with E-state index >= 15 is 0 Å². The molecule has 0 bridgehead atoms. The summed E-state index contributed by atoms with van der Waals surface area (Å²) >= 11 is 1.80. The first-order valence-electron chi connectivity index (χ1n) is 5.84. The molecule has 17 heavy (non-hydrogen) atoms. The van der Waals surface area contributed by atoms with Gasteiger partial charge in [0.1, 0.15) is 5.82 Å². The molecule has 2 N–H and O–H groups in total. The minimum absolute atomic E-state index is 0.894. The Hall–Kier alpha value is -1.55. The molecule has 0 saturated carbocycles. The molecule has 0 saturated heterocycles. The molecule has 4 heteroatoms. The number of hydrogen-bond acceptors (Lipinski definition) is 4. The summed E-state index contributed by atoms with van der Waals surface area (Å²) in [4.78, 5) is 5.65. The van der Waals surface area contributed by atoms with Gasteiger partial charge in [-0.05, 0) is 30.9 Å². The van der Waals surface area contributed by atoms with Gasteiger partial charge in [0.2, 0.25) is 0 Å². The van der Waals surface area contributed by atoms with Gasteiger partial charge >= 0.3 is 0 Å². The second-order valence-electron chi connectivity index (χ2n) is 3.72. The maximum atomic E-state index is 4.24. The van der Waals surface area contributed by atoms with Gasteiger partial charge in [-0.1, -0.05) is 6.07 Å². The van der Waals surface area contributed by atoms with E-state index < -0.39 is 0 Å². The lowest BCUT2D eigenvalue weighted by atomic mass is 10.3. The topological polar surface area (TPSA) is 37.0 Å². The van der Waals surface area contributed by atoms with Crippen molar-refractivity contribution in [2.75, 3.05) is 23.7 Å². The van der Waals surface area contributed by atoms with Crippen LogP contribution in [0.3, 0.4) is 0 Å². The molecule has 0 aliphatic carbocycles. The van der Waals surface area contributed by atoms with E-state index in [0.29, 0.717) is 0 Å². The van der Waals surface area contributed by atoms with E-state index in [9.17, 15) is 0 Å². The highest BCUT2D eigenvalue weighted by Gasteiger charge is 1.97. The number of pyridine rings is 1. The van der Waals surface area contributed by atoms with Crippen LogP contribution in [0.5, 0.6) is 0 Å². The zero-order valence-electron chi connectivity index (χ0n) is 9.94. The lowest BCUT2D eigenvalue weighted by molar-refractivity contribution is 1.04. The minimum Gasteiger partial charge on any atom is -0.385 e. The molecular weight excluding hydrogens is 230 g/mol. The summed E-state index contributed by atoms with van der Waals surface area (Å²) in [5.74, 6) is 0.925. The minimum atomic E-state index is 0.894. The number of aromatic nitrogens is 1. The zero-order chi connectivity index (χ0) is 11.9. The van der Waals surface area contributed by atoms with Crippen molar-refractivity contribution in [3.05, 3.63) is 40.7 Å². The lowest BCUT2D eigenvalue weighted by Crippen LogP contribution is -2.05. The van der Waals surface area contributed by atoms with E-state index in [-0.39, 0.29) is 0 Å². The third-order valence-corrected chi connectivity index (χ3v) is 3.33. The second-order valence-corrected chi connectivity index (χ2v) is 4.75. The van der Waals surface area contributed by atoms with Crippen LogP contribution in [0.15, 0.2) is 35.8 Å². The van der Waals surface area contributed by atoms with Crippen molar-refractivity contribution in [1.82, 2.24) is 4.98 Å². The molecule has 3 nitrogen and oxygen atoms in total. The fraction of sp³-hybridized carbons (Fsp3) is 0.308. The molecule has 2 aromatic rings. The van der Waals surface area contributed by atoms with E-state index in [4.69, 9.17) is 0 Å². The summed E-state index contributed by atoms with van der Waals surface area (Å²) < 4.78 is 0. The van der Waals surface area contributed by atoms with Gasteiger partial charge < -0.3 is 10.6 Å². The Morgan fingerprint density at radius 3 is 3.00 bits per heavy atom. The summed E-state index contributed by atoms with van der Waals surface area (Å²) in [7, 11) is 0. The molecule has 0 amide bonds. The predicted octanol–water partition coefficient (Wildman–Crippen LogP) is 3.23. The van der Waals surface area contributed by atoms with Crippen molar-refractivity contribution < 1.29 is 0 Å². The predicted molar refractivity (Wildman–Crippen MR) is 74.9 cm³/mol. The van der Waals surface area contributed by atoms with Crippen LogP contribution in [-0.2, 0) is 6.42 Å². The molecule has 2 heterocycles. The van der Waals surface area contributed by atoms with Crippen LogP contribution in [0.4, 0.5) is 11.5 Å². The monoisotopic (exact) mass is 247 g/mol. The molecule has 0 fully saturated rings. The van der Waals surface area contributed by atoms with Gasteiger partial charge in [0, 0.05) is 35.9 Å². The standard InChI is InChI=1S/C13H17N3S/c1-2-14-13-10-11(5-7-16-13)15-8-6-12-4-3-9-17-12/h3-5,7,9-10H,2,6,8H2,1H3,(H2,14,15,16). The van der Waals surface area contributed by atoms with Crippen molar-refractivity contribution in [3.8, 4) is 0 Å². The van der Waals surface area contributed by atoms with Crippen molar-refractivity contribution in [3.63, 3.8) is 0 Å². The Balaban J connectivity index is 1.84. The lowest BCUT2D eigenvalue weighted by Gasteiger charge is -2.07. The number of thiophene rings is 1. The molecule has 2 rings (SSSR count). The molecule has 0 aliphatic heterocycles. The molecule has 0 aliphatic rings. The molecular formula is C13H17N3S. The van der Waals surface area contributed by atoms with Crippen molar-refractivity contribution in [1.29, 1.82) is 0 Å². The summed E-state index contributed by atoms with van der Waals surface area (Å²) in [5, 5.41) is 8.73. The van der Waals surface area contributed by atoms with Gasteiger partial charge in [-0.3, -0.25) is 0 Å². The number of rotatable bonds is 6. The average molecular weight is 247 g/mol. The number of hydrogen-bond donors (Lipinski definition) is 2. The van der Waals surface area contributed by atoms with E-state index in [1.807, 2.05) is 18.3 Å². The second kappa shape index (κ2) is 6.25. The maximum Gasteiger partial charge on any atom is 0.127 e. The molecule has 0 unspecified atom stereocenters. The molecule has 2 aromatic heterocycles. The van der Waals surface area contributed by atoms with Crippen LogP contribution >= 0.6 is 11.3 Å². The summed E-state index contributed by atoms with van der Waals surface area (Å²) in [6, 6.07) is 8.30. The molecule has 90 valence electrons. The Labute approximate surface area is 106 Å². The fourth-order valence-corrected chi connectivity index (χ4v) is 2.31. The van der Waals surface area contributed by atoms with Gasteiger partial charge in [0.15, 0.2) is 0 Å². The molecule has 0 atom stereocenters. The highest BCUT2D eigenvalue weighted by atomic mass is 32.1. The quantitative estimate of drug-likeness (QED) is 0.823. The van der Waals surface area contributed by atoms with E-state index in [1.54, 1.807) is 11.3 Å². The summed E-state index contributed by atoms with van der Waals surface area (Å²) in [6.45, 7) is 3.92. The average Bonchev–Trinajstić information content (AvgIpc) is 2.83. The third kappa shape index (κ3) is 3.75. The van der Waals surface area contributed by atoms with E-state index in [2.05, 4.69) is 40.1 Å². The van der Waals surface area contributed by atoms with Gasteiger partial charge in [-0.2, -0.15) is 0 Å². The Bertz CT molecular complexity index is 440. The van der Waals surface area contributed by atoms with E-state index in [0.717, 1.165) is 31.0 Å². The molecule has 0 spiro atoms. The largest absolute Gasteiger partial charge is 0.385 e. The first-order chi connectivity index (χ1) is 8.38. The van der Waals surface area contributed by atoms with Crippen LogP contribution < -0.4 is 10.6 Å². The van der Waals surface area contributed by atoms with Crippen molar-refractivity contribution in [2.24, 2.45) is 0 Å². The highest BCUT2D eigenvalue weighted by Crippen LogP contribution is 2.13. The van der Waals surface area contributed by atoms with Gasteiger partial charge in [0.05, 0.1) is 0 Å². The number of nitrogens with zero attached hydrogens (tertiary/aromatic N) is 1. The Kier molecular flexibility index (Phi) is 4.38.